The van der Waals surface area contributed by atoms with Gasteiger partial charge in [0.25, 0.3) is 0 Å². The van der Waals surface area contributed by atoms with Crippen LogP contribution in [0.4, 0.5) is 0 Å². The zero-order valence-corrected chi connectivity index (χ0v) is 8.39. The average Bonchev–Trinajstić information content (AvgIpc) is 1.68. The Morgan fingerprint density at radius 1 is 0.889 bits per heavy atom. The number of hydrogen-bond acceptors (Lipinski definition) is 1. The van der Waals surface area contributed by atoms with E-state index in [2.05, 4.69) is 42.3 Å². The third kappa shape index (κ3) is 17.8. The van der Waals surface area contributed by atoms with Gasteiger partial charge in [-0.25, -0.2) is 0 Å². The van der Waals surface area contributed by atoms with Crippen molar-refractivity contribution in [2.75, 3.05) is 6.66 Å². The summed E-state index contributed by atoms with van der Waals surface area (Å²) in [5.74, 6) is 0. The van der Waals surface area contributed by atoms with Gasteiger partial charge in [-0.15, -0.1) is 9.24 Å². The van der Waals surface area contributed by atoms with Gasteiger partial charge in [0.2, 0.25) is 0 Å². The van der Waals surface area contributed by atoms with Crippen molar-refractivity contribution in [3.05, 3.63) is 0 Å². The lowest BCUT2D eigenvalue weighted by molar-refractivity contribution is 0.518. The van der Waals surface area contributed by atoms with Gasteiger partial charge in [-0.2, -0.15) is 0 Å². The summed E-state index contributed by atoms with van der Waals surface area (Å²) in [5, 5.41) is 3.31. The van der Waals surface area contributed by atoms with Gasteiger partial charge < -0.3 is 5.32 Å². The lowest BCUT2D eigenvalue weighted by atomic mass is 10.3. The van der Waals surface area contributed by atoms with Crippen LogP contribution in [-0.4, -0.2) is 18.7 Å². The number of nitrogens with one attached hydrogen (secondary N) is 1. The minimum absolute atomic E-state index is 0.625. The molecule has 0 rings (SSSR count). The topological polar surface area (TPSA) is 12.0 Å². The molecule has 0 aromatic heterocycles. The van der Waals surface area contributed by atoms with E-state index in [1.807, 2.05) is 6.66 Å². The first-order valence-electron chi connectivity index (χ1n) is 3.46. The molecule has 0 aliphatic carbocycles. The molecule has 1 unspecified atom stereocenters. The average molecular weight is 149 g/mol. The standard InChI is InChI=1S/C6H15N.CH5P/c1-5(2)7-6(3)4;1-2/h5-7H,1-4H3;2H2,1H3. The highest BCUT2D eigenvalue weighted by molar-refractivity contribution is 7.15. The molecule has 9 heavy (non-hydrogen) atoms. The normalized spacial score (nSPS) is 9.33. The summed E-state index contributed by atoms with van der Waals surface area (Å²) in [5.41, 5.74) is 0. The molecule has 0 saturated heterocycles. The molecule has 0 fully saturated rings. The minimum Gasteiger partial charge on any atom is -0.312 e. The van der Waals surface area contributed by atoms with E-state index in [1.165, 1.54) is 0 Å². The highest BCUT2D eigenvalue weighted by atomic mass is 31.0. The molecule has 0 radical (unpaired) electrons. The monoisotopic (exact) mass is 149 g/mol. The van der Waals surface area contributed by atoms with E-state index in [4.69, 9.17) is 0 Å². The predicted octanol–water partition coefficient (Wildman–Crippen LogP) is 1.88. The molecule has 58 valence electrons. The fourth-order valence-corrected chi connectivity index (χ4v) is 0.667. The number of hydrogen-bond donors (Lipinski definition) is 1. The van der Waals surface area contributed by atoms with E-state index < -0.39 is 0 Å². The van der Waals surface area contributed by atoms with E-state index in [1.54, 1.807) is 0 Å². The summed E-state index contributed by atoms with van der Waals surface area (Å²) >= 11 is 0. The molecule has 0 spiro atoms. The molecule has 0 amide bonds. The van der Waals surface area contributed by atoms with Crippen molar-refractivity contribution in [1.82, 2.24) is 5.32 Å². The van der Waals surface area contributed by atoms with Crippen LogP contribution in [0, 0.1) is 0 Å². The Kier molecular flexibility index (Phi) is 11.3. The first-order valence-corrected chi connectivity index (χ1v) is 4.62. The quantitative estimate of drug-likeness (QED) is 0.591. The SMILES string of the molecule is CC(C)NC(C)C.CP. The van der Waals surface area contributed by atoms with Crippen LogP contribution < -0.4 is 5.32 Å². The Hall–Kier alpha value is 0.390. The summed E-state index contributed by atoms with van der Waals surface area (Å²) in [4.78, 5) is 0. The summed E-state index contributed by atoms with van der Waals surface area (Å²) in [6.45, 7) is 10.5. The van der Waals surface area contributed by atoms with Crippen molar-refractivity contribution < 1.29 is 0 Å². The summed E-state index contributed by atoms with van der Waals surface area (Å²) in [6, 6.07) is 1.25. The van der Waals surface area contributed by atoms with Crippen LogP contribution in [0.2, 0.25) is 0 Å². The van der Waals surface area contributed by atoms with Crippen LogP contribution in [0.5, 0.6) is 0 Å². The summed E-state index contributed by atoms with van der Waals surface area (Å²) in [7, 11) is 2.42. The molecular formula is C7H20NP. The fourth-order valence-electron chi connectivity index (χ4n) is 0.667. The maximum Gasteiger partial charge on any atom is 0.00127 e. The van der Waals surface area contributed by atoms with Crippen LogP contribution >= 0.6 is 9.24 Å². The molecule has 1 N–H and O–H groups in total. The lowest BCUT2D eigenvalue weighted by Crippen LogP contribution is -2.29. The Morgan fingerprint density at radius 2 is 1.11 bits per heavy atom. The molecule has 0 aliphatic rings. The molecule has 0 aromatic carbocycles. The van der Waals surface area contributed by atoms with E-state index in [0.717, 1.165) is 0 Å². The first-order chi connectivity index (χ1) is 4.13. The van der Waals surface area contributed by atoms with Crippen molar-refractivity contribution in [2.45, 2.75) is 39.8 Å². The third-order valence-corrected chi connectivity index (χ3v) is 0.667. The van der Waals surface area contributed by atoms with Gasteiger partial charge in [0, 0.05) is 12.1 Å². The first kappa shape index (κ1) is 12.1. The van der Waals surface area contributed by atoms with Crippen molar-refractivity contribution in [1.29, 1.82) is 0 Å². The zero-order valence-electron chi connectivity index (χ0n) is 7.23. The van der Waals surface area contributed by atoms with Crippen molar-refractivity contribution >= 4 is 9.24 Å². The van der Waals surface area contributed by atoms with Gasteiger partial charge in [-0.05, 0) is 0 Å². The second kappa shape index (κ2) is 8.39. The van der Waals surface area contributed by atoms with Gasteiger partial charge in [0.05, 0.1) is 0 Å². The van der Waals surface area contributed by atoms with Crippen LogP contribution in [0.15, 0.2) is 0 Å². The predicted molar refractivity (Wildman–Crippen MR) is 49.0 cm³/mol. The van der Waals surface area contributed by atoms with Gasteiger partial charge >= 0.3 is 0 Å². The minimum atomic E-state index is 0.625. The molecular weight excluding hydrogens is 129 g/mol. The van der Waals surface area contributed by atoms with Crippen LogP contribution in [0.3, 0.4) is 0 Å². The van der Waals surface area contributed by atoms with Crippen LogP contribution in [0.1, 0.15) is 27.7 Å². The summed E-state index contributed by atoms with van der Waals surface area (Å²) < 4.78 is 0. The van der Waals surface area contributed by atoms with E-state index in [0.29, 0.717) is 12.1 Å². The fraction of sp³-hybridized carbons (Fsp3) is 1.00. The van der Waals surface area contributed by atoms with Crippen molar-refractivity contribution in [3.8, 4) is 0 Å². The second-order valence-electron chi connectivity index (χ2n) is 2.48. The summed E-state index contributed by atoms with van der Waals surface area (Å²) in [6.07, 6.45) is 0. The maximum atomic E-state index is 3.31. The van der Waals surface area contributed by atoms with E-state index in [-0.39, 0.29) is 0 Å². The van der Waals surface area contributed by atoms with E-state index >= 15 is 0 Å². The Bertz CT molecular complexity index is 38.2. The maximum absolute atomic E-state index is 3.31. The van der Waals surface area contributed by atoms with E-state index in [9.17, 15) is 0 Å². The molecule has 1 nitrogen and oxygen atoms in total. The number of rotatable bonds is 2. The molecule has 0 aliphatic heterocycles. The highest BCUT2D eigenvalue weighted by Gasteiger charge is 1.92. The Labute approximate surface area is 61.8 Å². The molecule has 2 heteroatoms. The lowest BCUT2D eigenvalue weighted by Gasteiger charge is -2.10. The highest BCUT2D eigenvalue weighted by Crippen LogP contribution is 1.80. The Balaban J connectivity index is 0. The van der Waals surface area contributed by atoms with Crippen molar-refractivity contribution in [2.24, 2.45) is 0 Å². The van der Waals surface area contributed by atoms with Gasteiger partial charge in [-0.3, -0.25) is 0 Å². The van der Waals surface area contributed by atoms with Crippen LogP contribution in [0.25, 0.3) is 0 Å². The molecule has 0 heterocycles. The second-order valence-corrected chi connectivity index (χ2v) is 2.48. The molecule has 0 bridgehead atoms. The Morgan fingerprint density at radius 3 is 1.11 bits per heavy atom. The van der Waals surface area contributed by atoms with Gasteiger partial charge in [0.1, 0.15) is 0 Å². The van der Waals surface area contributed by atoms with Gasteiger partial charge in [0.15, 0.2) is 0 Å². The van der Waals surface area contributed by atoms with Gasteiger partial charge in [-0.1, -0.05) is 34.4 Å². The third-order valence-electron chi connectivity index (χ3n) is 0.667. The molecule has 0 aromatic rings. The molecule has 1 atom stereocenters. The largest absolute Gasteiger partial charge is 0.312 e. The van der Waals surface area contributed by atoms with Crippen molar-refractivity contribution in [3.63, 3.8) is 0 Å². The van der Waals surface area contributed by atoms with Crippen LogP contribution in [-0.2, 0) is 0 Å². The smallest absolute Gasteiger partial charge is 0.00127 e. The zero-order chi connectivity index (χ0) is 7.86. The molecule has 0 saturated carbocycles.